The number of nitrogens with one attached hydrogen (secondary N) is 1. The van der Waals surface area contributed by atoms with Crippen molar-refractivity contribution in [2.75, 3.05) is 7.05 Å². The first kappa shape index (κ1) is 8.19. The number of rotatable bonds is 1. The van der Waals surface area contributed by atoms with Crippen LogP contribution in [0.4, 0.5) is 0 Å². The number of amides is 1. The summed E-state index contributed by atoms with van der Waals surface area (Å²) < 4.78 is 0. The minimum atomic E-state index is -0.0528. The van der Waals surface area contributed by atoms with Gasteiger partial charge in [-0.15, -0.1) is 11.3 Å². The fraction of sp³-hybridized carbons (Fsp3) is 0.111. The third kappa shape index (κ3) is 1.40. The van der Waals surface area contributed by atoms with Gasteiger partial charge in [-0.3, -0.25) is 4.79 Å². The van der Waals surface area contributed by atoms with Crippen LogP contribution in [0.3, 0.4) is 0 Å². The van der Waals surface area contributed by atoms with Crippen LogP contribution in [0.2, 0.25) is 0 Å². The lowest BCUT2D eigenvalue weighted by atomic mass is 10.3. The predicted octanol–water partition coefficient (Wildman–Crippen LogP) is 1.66. The number of carbonyl (C=O) groups is 1. The lowest BCUT2D eigenvalue weighted by Gasteiger charge is -1.90. The van der Waals surface area contributed by atoms with Gasteiger partial charge < -0.3 is 5.32 Å². The topological polar surface area (TPSA) is 42.0 Å². The average Bonchev–Trinajstić information content (AvgIpc) is 2.59. The molecule has 66 valence electrons. The minimum absolute atomic E-state index is 0.0528. The van der Waals surface area contributed by atoms with Crippen molar-refractivity contribution in [1.82, 2.24) is 10.3 Å². The SMILES string of the molecule is CNC(=O)c1cc2cccnc2s1. The molecule has 4 heteroatoms. The Morgan fingerprint density at radius 2 is 2.46 bits per heavy atom. The molecular weight excluding hydrogens is 184 g/mol. The summed E-state index contributed by atoms with van der Waals surface area (Å²) in [6.07, 6.45) is 1.73. The van der Waals surface area contributed by atoms with E-state index in [0.29, 0.717) is 4.88 Å². The molecule has 0 unspecified atom stereocenters. The van der Waals surface area contributed by atoms with E-state index in [1.807, 2.05) is 18.2 Å². The van der Waals surface area contributed by atoms with Gasteiger partial charge in [0.25, 0.3) is 5.91 Å². The molecule has 3 nitrogen and oxygen atoms in total. The molecule has 0 atom stereocenters. The monoisotopic (exact) mass is 192 g/mol. The van der Waals surface area contributed by atoms with Crippen LogP contribution >= 0.6 is 11.3 Å². The fourth-order valence-electron chi connectivity index (χ4n) is 1.11. The van der Waals surface area contributed by atoms with E-state index < -0.39 is 0 Å². The number of thiophene rings is 1. The Balaban J connectivity index is 2.56. The highest BCUT2D eigenvalue weighted by Crippen LogP contribution is 2.22. The number of hydrogen-bond donors (Lipinski definition) is 1. The van der Waals surface area contributed by atoms with Gasteiger partial charge in [0.2, 0.25) is 0 Å². The van der Waals surface area contributed by atoms with E-state index >= 15 is 0 Å². The van der Waals surface area contributed by atoms with Gasteiger partial charge in [-0.25, -0.2) is 4.98 Å². The molecule has 0 aromatic carbocycles. The Morgan fingerprint density at radius 3 is 3.15 bits per heavy atom. The number of aromatic nitrogens is 1. The predicted molar refractivity (Wildman–Crippen MR) is 53.0 cm³/mol. The maximum atomic E-state index is 11.3. The normalized spacial score (nSPS) is 10.2. The molecule has 0 saturated heterocycles. The lowest BCUT2D eigenvalue weighted by molar-refractivity contribution is 0.0967. The maximum absolute atomic E-state index is 11.3. The van der Waals surface area contributed by atoms with Crippen LogP contribution in [0.5, 0.6) is 0 Å². The van der Waals surface area contributed by atoms with Crippen LogP contribution in [0.15, 0.2) is 24.4 Å². The lowest BCUT2D eigenvalue weighted by Crippen LogP contribution is -2.15. The summed E-state index contributed by atoms with van der Waals surface area (Å²) in [5, 5.41) is 3.61. The Labute approximate surface area is 79.4 Å². The van der Waals surface area contributed by atoms with Gasteiger partial charge in [-0.1, -0.05) is 6.07 Å². The van der Waals surface area contributed by atoms with Gasteiger partial charge in [0.15, 0.2) is 0 Å². The van der Waals surface area contributed by atoms with Gasteiger partial charge in [-0.05, 0) is 12.1 Å². The maximum Gasteiger partial charge on any atom is 0.261 e. The molecule has 2 heterocycles. The van der Waals surface area contributed by atoms with Crippen LogP contribution in [-0.2, 0) is 0 Å². The Hall–Kier alpha value is -1.42. The second-order valence-electron chi connectivity index (χ2n) is 2.59. The number of fused-ring (bicyclic) bond motifs is 1. The molecule has 2 aromatic heterocycles. The standard InChI is InChI=1S/C9H8N2OS/c1-10-8(12)7-5-6-3-2-4-11-9(6)13-7/h2-5H,1H3,(H,10,12). The summed E-state index contributed by atoms with van der Waals surface area (Å²) in [6.45, 7) is 0. The first-order valence-electron chi connectivity index (χ1n) is 3.88. The van der Waals surface area contributed by atoms with Gasteiger partial charge in [0, 0.05) is 18.6 Å². The Kier molecular flexibility index (Phi) is 1.98. The van der Waals surface area contributed by atoms with Gasteiger partial charge in [-0.2, -0.15) is 0 Å². The molecule has 13 heavy (non-hydrogen) atoms. The van der Waals surface area contributed by atoms with E-state index in [4.69, 9.17) is 0 Å². The van der Waals surface area contributed by atoms with Crippen molar-refractivity contribution in [1.29, 1.82) is 0 Å². The van der Waals surface area contributed by atoms with Crippen molar-refractivity contribution in [2.24, 2.45) is 0 Å². The van der Waals surface area contributed by atoms with Crippen LogP contribution in [0.1, 0.15) is 9.67 Å². The zero-order valence-corrected chi connectivity index (χ0v) is 7.89. The van der Waals surface area contributed by atoms with Crippen LogP contribution in [-0.4, -0.2) is 17.9 Å². The second kappa shape index (κ2) is 3.14. The molecule has 0 saturated carbocycles. The number of pyridine rings is 1. The zero-order chi connectivity index (χ0) is 9.26. The van der Waals surface area contributed by atoms with Crippen LogP contribution in [0.25, 0.3) is 10.2 Å². The summed E-state index contributed by atoms with van der Waals surface area (Å²) in [6, 6.07) is 5.67. The van der Waals surface area contributed by atoms with Crippen LogP contribution < -0.4 is 5.32 Å². The Morgan fingerprint density at radius 1 is 1.62 bits per heavy atom. The van der Waals surface area contributed by atoms with E-state index in [2.05, 4.69) is 10.3 Å². The van der Waals surface area contributed by atoms with E-state index in [1.54, 1.807) is 13.2 Å². The highest BCUT2D eigenvalue weighted by atomic mass is 32.1. The molecule has 1 amide bonds. The summed E-state index contributed by atoms with van der Waals surface area (Å²) in [5.74, 6) is -0.0528. The summed E-state index contributed by atoms with van der Waals surface area (Å²) >= 11 is 1.41. The highest BCUT2D eigenvalue weighted by molar-refractivity contribution is 7.20. The van der Waals surface area contributed by atoms with E-state index in [0.717, 1.165) is 10.2 Å². The molecule has 0 radical (unpaired) electrons. The van der Waals surface area contributed by atoms with Crippen molar-refractivity contribution in [3.05, 3.63) is 29.3 Å². The van der Waals surface area contributed by atoms with Gasteiger partial charge in [0.05, 0.1) is 4.88 Å². The minimum Gasteiger partial charge on any atom is -0.354 e. The number of hydrogen-bond acceptors (Lipinski definition) is 3. The van der Waals surface area contributed by atoms with Gasteiger partial charge in [0.1, 0.15) is 4.83 Å². The van der Waals surface area contributed by atoms with Crippen molar-refractivity contribution in [2.45, 2.75) is 0 Å². The summed E-state index contributed by atoms with van der Waals surface area (Å²) in [5.41, 5.74) is 0. The third-order valence-electron chi connectivity index (χ3n) is 1.74. The van der Waals surface area contributed by atoms with Crippen molar-refractivity contribution in [3.63, 3.8) is 0 Å². The van der Waals surface area contributed by atoms with Crippen molar-refractivity contribution >= 4 is 27.5 Å². The summed E-state index contributed by atoms with van der Waals surface area (Å²) in [7, 11) is 1.63. The quantitative estimate of drug-likeness (QED) is 0.746. The summed E-state index contributed by atoms with van der Waals surface area (Å²) in [4.78, 5) is 17.0. The first-order valence-corrected chi connectivity index (χ1v) is 4.69. The van der Waals surface area contributed by atoms with Gasteiger partial charge >= 0.3 is 0 Å². The molecule has 1 N–H and O–H groups in total. The molecule has 0 aliphatic rings. The fourth-order valence-corrected chi connectivity index (χ4v) is 2.06. The largest absolute Gasteiger partial charge is 0.354 e. The smallest absolute Gasteiger partial charge is 0.261 e. The zero-order valence-electron chi connectivity index (χ0n) is 7.07. The molecular formula is C9H8N2OS. The average molecular weight is 192 g/mol. The molecule has 0 aliphatic carbocycles. The number of nitrogens with zero attached hydrogens (tertiary/aromatic N) is 1. The second-order valence-corrected chi connectivity index (χ2v) is 3.62. The molecule has 2 aromatic rings. The molecule has 0 bridgehead atoms. The molecule has 2 rings (SSSR count). The van der Waals surface area contributed by atoms with Crippen LogP contribution in [0, 0.1) is 0 Å². The third-order valence-corrected chi connectivity index (χ3v) is 2.80. The molecule has 0 spiro atoms. The van der Waals surface area contributed by atoms with E-state index in [9.17, 15) is 4.79 Å². The van der Waals surface area contributed by atoms with E-state index in [1.165, 1.54) is 11.3 Å². The van der Waals surface area contributed by atoms with E-state index in [-0.39, 0.29) is 5.91 Å². The van der Waals surface area contributed by atoms with Crippen molar-refractivity contribution < 1.29 is 4.79 Å². The molecule has 0 fully saturated rings. The molecule has 0 aliphatic heterocycles. The Bertz CT molecular complexity index is 417. The highest BCUT2D eigenvalue weighted by Gasteiger charge is 2.07. The first-order chi connectivity index (χ1) is 6.31. The van der Waals surface area contributed by atoms with Crippen molar-refractivity contribution in [3.8, 4) is 0 Å². The number of carbonyl (C=O) groups excluding carboxylic acids is 1.